The molecular formula is C83H98BF4N5O4S2. The Balaban J connectivity index is 0.000000174. The number of benzene rings is 9. The van der Waals surface area contributed by atoms with Gasteiger partial charge in [0.2, 0.25) is 31.1 Å². The van der Waals surface area contributed by atoms with E-state index in [1.54, 1.807) is 40.7 Å². The fourth-order valence-corrected chi connectivity index (χ4v) is 15.3. The minimum absolute atomic E-state index is 0.287. The number of hydrogen-bond acceptors (Lipinski definition) is 6. The second-order valence-electron chi connectivity index (χ2n) is 25.6. The lowest BCUT2D eigenvalue weighted by Crippen LogP contribution is -2.39. The Morgan fingerprint density at radius 2 is 0.899 bits per heavy atom. The van der Waals surface area contributed by atoms with Crippen molar-refractivity contribution in [3.05, 3.63) is 294 Å². The summed E-state index contributed by atoms with van der Waals surface area (Å²) in [4.78, 5) is 3.13. The van der Waals surface area contributed by atoms with E-state index in [1.165, 1.54) is 97.8 Å². The maximum atomic E-state index is 12.8. The van der Waals surface area contributed by atoms with Crippen molar-refractivity contribution in [1.29, 1.82) is 0 Å². The molecular weight excluding hydrogens is 1280 g/mol. The number of allylic oxidation sites excluding steroid dienone is 2. The second kappa shape index (κ2) is 38.3. The average molecular weight is 1380 g/mol. The van der Waals surface area contributed by atoms with Gasteiger partial charge in [-0.25, -0.2) is 21.6 Å². The van der Waals surface area contributed by atoms with Crippen LogP contribution in [-0.4, -0.2) is 86.7 Å². The standard InChI is InChI=1S/C23H22N.2C18H21NO2S.2C12H17N.BF4/c1-15-13-16(2)22(17(3)14-15)23-18-9-5-7-11-20(18)24(4)21-12-8-6-10-19(21)23;1-15-9-11-18(12-10-15)22(20,21)19-13-5-8-17(14-19)16-6-3-2-4-7-16;1-15-10-12-18(13-11-15)22(20,21)19-14-6-7-16(2)17-8-4-3-5-9-17;1-13-9-5-8-12(10-13)11-6-3-2-4-7-11;1-11(7-6-10-13-2)12-8-4-3-5-9-12;2-1(3,4)5/h5-14H,1-4H3;2-4,6-7,9-12,17H,5,8,13-14H2,1H3;3-5,8-13,19H,2,6-7,14H2,1H3;2-4,6-7,12H,5,8-10H2,1H3;3-5,8-9,13H,1,6-7,10H2,2H3;/q+1;;;;;-1. The number of likely N-dealkylation sites (N-methyl/N-ethyl adjacent to an activating group) is 1. The lowest BCUT2D eigenvalue weighted by molar-refractivity contribution is -0.617. The normalized spacial score (nSPS) is 14.8. The average Bonchev–Trinajstić information content (AvgIpc) is 0.742. The molecule has 9 aromatic carbocycles. The summed E-state index contributed by atoms with van der Waals surface area (Å²) in [6, 6.07) is 77.4. The van der Waals surface area contributed by atoms with Crippen molar-refractivity contribution in [3.8, 4) is 11.1 Å². The van der Waals surface area contributed by atoms with E-state index in [4.69, 9.17) is 0 Å². The van der Waals surface area contributed by atoms with Crippen LogP contribution in [0.25, 0.3) is 44.1 Å². The van der Waals surface area contributed by atoms with Crippen molar-refractivity contribution in [3.63, 3.8) is 0 Å². The number of para-hydroxylation sites is 2. The Labute approximate surface area is 587 Å². The molecule has 99 heavy (non-hydrogen) atoms. The van der Waals surface area contributed by atoms with Gasteiger partial charge in [-0.2, -0.15) is 8.87 Å². The first-order valence-electron chi connectivity index (χ1n) is 34.1. The molecule has 0 amide bonds. The molecule has 1 aromatic heterocycles. The predicted octanol–water partition coefficient (Wildman–Crippen LogP) is 19.2. The second-order valence-corrected chi connectivity index (χ2v) is 29.3. The summed E-state index contributed by atoms with van der Waals surface area (Å²) in [6.07, 6.45) is 8.37. The summed E-state index contributed by atoms with van der Waals surface area (Å²) in [5, 5.41) is 5.76. The summed E-state index contributed by atoms with van der Waals surface area (Å²) in [5.74, 6) is 1.05. The van der Waals surface area contributed by atoms with E-state index in [0.29, 0.717) is 29.4 Å². The molecule has 0 aliphatic carbocycles. The molecule has 2 atom stereocenters. The topological polar surface area (TPSA) is 103 Å². The molecule has 12 rings (SSSR count). The van der Waals surface area contributed by atoms with E-state index in [2.05, 4.69) is 195 Å². The quantitative estimate of drug-likeness (QED) is 0.0310. The summed E-state index contributed by atoms with van der Waals surface area (Å²) >= 11 is 0. The number of halogens is 4. The Kier molecular flexibility index (Phi) is 30.2. The zero-order valence-electron chi connectivity index (χ0n) is 58.8. The van der Waals surface area contributed by atoms with E-state index in [1.807, 2.05) is 87.6 Å². The van der Waals surface area contributed by atoms with E-state index in [-0.39, 0.29) is 5.92 Å². The first kappa shape index (κ1) is 78.0. The van der Waals surface area contributed by atoms with Crippen LogP contribution in [0.5, 0.6) is 0 Å². The number of sulfonamides is 2. The molecule has 16 heteroatoms. The van der Waals surface area contributed by atoms with Crippen LogP contribution in [0.3, 0.4) is 0 Å². The molecule has 10 aromatic rings. The minimum atomic E-state index is -6.00. The molecule has 2 fully saturated rings. The summed E-state index contributed by atoms with van der Waals surface area (Å²) < 4.78 is 95.4. The van der Waals surface area contributed by atoms with Crippen LogP contribution in [0.1, 0.15) is 113 Å². The SMILES string of the molecule is C=C(CCCNC)c1ccccc1.C=C(CCCNS(=O)(=O)c1ccc(C)cc1)c1ccccc1.CN1CCCC(c2ccccc2)C1.Cc1cc(C)c(-c2c3ccccc3[n+](C)c3ccccc23)c(C)c1.Cc1ccc(S(=O)(=O)N2CCCC(c3ccccc3)C2)cc1.F[B-](F)(F)F. The van der Waals surface area contributed by atoms with Gasteiger partial charge in [0.25, 0.3) is 0 Å². The zero-order valence-corrected chi connectivity index (χ0v) is 60.4. The molecule has 0 saturated carbocycles. The highest BCUT2D eigenvalue weighted by Crippen LogP contribution is 2.38. The number of piperidine rings is 2. The van der Waals surface area contributed by atoms with Crippen LogP contribution in [0, 0.1) is 34.6 Å². The molecule has 0 radical (unpaired) electrons. The Morgan fingerprint density at radius 1 is 0.505 bits per heavy atom. The first-order chi connectivity index (χ1) is 47.3. The molecule has 9 nitrogen and oxygen atoms in total. The first-order valence-corrected chi connectivity index (χ1v) is 37.0. The largest absolute Gasteiger partial charge is 0.673 e. The van der Waals surface area contributed by atoms with Crippen LogP contribution in [-0.2, 0) is 27.1 Å². The highest BCUT2D eigenvalue weighted by Gasteiger charge is 2.31. The third-order valence-corrected chi connectivity index (χ3v) is 21.1. The Morgan fingerprint density at radius 3 is 1.34 bits per heavy atom. The van der Waals surface area contributed by atoms with Gasteiger partial charge >= 0.3 is 7.25 Å². The Hall–Kier alpha value is -8.35. The highest BCUT2D eigenvalue weighted by molar-refractivity contribution is 7.89. The molecule has 2 aliphatic heterocycles. The van der Waals surface area contributed by atoms with Crippen LogP contribution in [0.4, 0.5) is 17.3 Å². The monoisotopic (exact) mass is 1380 g/mol. The van der Waals surface area contributed by atoms with Gasteiger partial charge in [-0.05, 0) is 211 Å². The van der Waals surface area contributed by atoms with E-state index >= 15 is 0 Å². The summed E-state index contributed by atoms with van der Waals surface area (Å²) in [5.41, 5.74) is 18.7. The Bertz CT molecular complexity index is 4310. The van der Waals surface area contributed by atoms with Crippen LogP contribution < -0.4 is 14.6 Å². The van der Waals surface area contributed by atoms with Gasteiger partial charge in [0.05, 0.1) is 20.6 Å². The number of aryl methyl sites for hydroxylation is 6. The van der Waals surface area contributed by atoms with Crippen molar-refractivity contribution in [2.24, 2.45) is 7.05 Å². The molecule has 2 N–H and O–H groups in total. The van der Waals surface area contributed by atoms with Crippen molar-refractivity contribution < 1.29 is 38.7 Å². The predicted molar refractivity (Wildman–Crippen MR) is 406 cm³/mol. The number of aromatic nitrogens is 1. The maximum Gasteiger partial charge on any atom is 0.673 e. The number of nitrogens with zero attached hydrogens (tertiary/aromatic N) is 3. The molecule has 2 aliphatic rings. The number of fused-ring (bicyclic) bond motifs is 2. The van der Waals surface area contributed by atoms with Gasteiger partial charge < -0.3 is 27.5 Å². The minimum Gasteiger partial charge on any atom is -0.418 e. The molecule has 2 unspecified atom stereocenters. The lowest BCUT2D eigenvalue weighted by Gasteiger charge is -2.32. The molecule has 2 saturated heterocycles. The van der Waals surface area contributed by atoms with Gasteiger partial charge in [-0.3, -0.25) is 0 Å². The molecule has 0 bridgehead atoms. The number of hydrogen-bond donors (Lipinski definition) is 2. The van der Waals surface area contributed by atoms with Crippen molar-refractivity contribution in [2.45, 2.75) is 108 Å². The lowest BCUT2D eigenvalue weighted by atomic mass is 9.89. The van der Waals surface area contributed by atoms with Crippen molar-refractivity contribution >= 4 is 60.3 Å². The third-order valence-electron chi connectivity index (χ3n) is 17.8. The fourth-order valence-electron chi connectivity index (χ4n) is 12.7. The highest BCUT2D eigenvalue weighted by atomic mass is 32.2. The zero-order chi connectivity index (χ0) is 71.5. The van der Waals surface area contributed by atoms with Gasteiger partial charge in [0.15, 0.2) is 0 Å². The number of nitrogens with one attached hydrogen (secondary N) is 2. The summed E-state index contributed by atoms with van der Waals surface area (Å²) in [6.45, 7) is 23.8. The fraction of sp³-hybridized carbons (Fsp3) is 0.289. The van der Waals surface area contributed by atoms with Gasteiger partial charge in [-0.15, -0.1) is 0 Å². The van der Waals surface area contributed by atoms with E-state index < -0.39 is 27.3 Å². The van der Waals surface area contributed by atoms with E-state index in [0.717, 1.165) is 73.3 Å². The van der Waals surface area contributed by atoms with Gasteiger partial charge in [-0.1, -0.05) is 212 Å². The van der Waals surface area contributed by atoms with Crippen molar-refractivity contribution in [2.75, 3.05) is 53.4 Å². The molecule has 3 heterocycles. The van der Waals surface area contributed by atoms with Gasteiger partial charge in [0.1, 0.15) is 7.05 Å². The molecule has 0 spiro atoms. The van der Waals surface area contributed by atoms with Crippen molar-refractivity contribution in [1.82, 2.24) is 19.2 Å². The van der Waals surface area contributed by atoms with Crippen LogP contribution in [0.15, 0.2) is 253 Å². The summed E-state index contributed by atoms with van der Waals surface area (Å²) in [7, 11) is -6.45. The third kappa shape index (κ3) is 24.2. The maximum absolute atomic E-state index is 12.8. The van der Waals surface area contributed by atoms with Crippen LogP contribution in [0.2, 0.25) is 0 Å². The number of rotatable bonds is 17. The number of pyridine rings is 1. The van der Waals surface area contributed by atoms with E-state index in [9.17, 15) is 34.1 Å². The molecule has 522 valence electrons. The smallest absolute Gasteiger partial charge is 0.418 e. The number of likely N-dealkylation sites (tertiary alicyclic amines) is 1. The van der Waals surface area contributed by atoms with Crippen LogP contribution >= 0.6 is 0 Å². The van der Waals surface area contributed by atoms with Gasteiger partial charge in [0, 0.05) is 43.9 Å².